The van der Waals surface area contributed by atoms with Crippen LogP contribution in [0.15, 0.2) is 22.6 Å². The van der Waals surface area contributed by atoms with Gasteiger partial charge in [0.25, 0.3) is 5.56 Å². The average molecular weight is 403 g/mol. The average Bonchev–Trinajstić information content (AvgIpc) is 3.19. The Balaban J connectivity index is 1.27. The second-order valence-corrected chi connectivity index (χ2v) is 9.37. The Morgan fingerprint density at radius 2 is 2.14 bits per heavy atom. The van der Waals surface area contributed by atoms with Gasteiger partial charge in [-0.1, -0.05) is 0 Å². The molecule has 2 N–H and O–H groups in total. The molecule has 0 aromatic carbocycles. The van der Waals surface area contributed by atoms with Crippen LogP contribution in [0.4, 0.5) is 0 Å². The summed E-state index contributed by atoms with van der Waals surface area (Å²) in [4.78, 5) is 29.5. The van der Waals surface area contributed by atoms with E-state index in [0.717, 1.165) is 32.5 Å². The lowest BCUT2D eigenvalue weighted by atomic mass is 9.77. The van der Waals surface area contributed by atoms with Gasteiger partial charge in [0.2, 0.25) is 5.91 Å². The fraction of sp³-hybridized carbons (Fsp3) is 0.650. The lowest BCUT2D eigenvalue weighted by Crippen LogP contribution is -2.51. The molecule has 1 amide bonds. The molecule has 0 radical (unpaired) electrons. The SMILES string of the molecule is O=C(Cn1cnc2ccsc2c1=O)N[C@H]1C[C@H]2CNC[C@H]2C[C@@H]1OCC1CC1. The third-order valence-electron chi connectivity index (χ3n) is 6.36. The molecule has 1 saturated heterocycles. The van der Waals surface area contributed by atoms with Gasteiger partial charge in [-0.2, -0.15) is 0 Å². The lowest BCUT2D eigenvalue weighted by molar-refractivity contribution is -0.125. The van der Waals surface area contributed by atoms with Gasteiger partial charge in [0.15, 0.2) is 0 Å². The number of ether oxygens (including phenoxy) is 1. The molecular formula is C20H26N4O3S. The van der Waals surface area contributed by atoms with E-state index < -0.39 is 0 Å². The number of nitrogens with zero attached hydrogens (tertiary/aromatic N) is 2. The molecule has 8 heteroatoms. The highest BCUT2D eigenvalue weighted by atomic mass is 32.1. The predicted octanol–water partition coefficient (Wildman–Crippen LogP) is 1.37. The third-order valence-corrected chi connectivity index (χ3v) is 7.25. The molecule has 4 atom stereocenters. The van der Waals surface area contributed by atoms with Gasteiger partial charge in [-0.3, -0.25) is 14.2 Å². The smallest absolute Gasteiger partial charge is 0.271 e. The minimum atomic E-state index is -0.152. The summed E-state index contributed by atoms with van der Waals surface area (Å²) >= 11 is 1.36. The molecule has 7 nitrogen and oxygen atoms in total. The normalized spacial score (nSPS) is 29.7. The molecular weight excluding hydrogens is 376 g/mol. The topological polar surface area (TPSA) is 85.2 Å². The first kappa shape index (κ1) is 18.3. The number of nitrogens with one attached hydrogen (secondary N) is 2. The van der Waals surface area contributed by atoms with Gasteiger partial charge in [-0.25, -0.2) is 4.98 Å². The van der Waals surface area contributed by atoms with Crippen LogP contribution in [0, 0.1) is 17.8 Å². The Morgan fingerprint density at radius 3 is 2.96 bits per heavy atom. The largest absolute Gasteiger partial charge is 0.376 e. The van der Waals surface area contributed by atoms with Crippen molar-refractivity contribution < 1.29 is 9.53 Å². The quantitative estimate of drug-likeness (QED) is 0.762. The van der Waals surface area contributed by atoms with Crippen LogP contribution in [-0.4, -0.2) is 47.3 Å². The number of hydrogen-bond donors (Lipinski definition) is 2. The van der Waals surface area contributed by atoms with Crippen LogP contribution in [0.5, 0.6) is 0 Å². The highest BCUT2D eigenvalue weighted by Gasteiger charge is 2.41. The Kier molecular flexibility index (Phi) is 4.94. The van der Waals surface area contributed by atoms with Crippen molar-refractivity contribution in [3.63, 3.8) is 0 Å². The first-order chi connectivity index (χ1) is 13.7. The minimum absolute atomic E-state index is 0.00212. The van der Waals surface area contributed by atoms with Gasteiger partial charge < -0.3 is 15.4 Å². The molecule has 5 rings (SSSR count). The summed E-state index contributed by atoms with van der Waals surface area (Å²) in [6.45, 7) is 2.87. The summed E-state index contributed by atoms with van der Waals surface area (Å²) < 4.78 is 8.22. The maximum atomic E-state index is 12.7. The van der Waals surface area contributed by atoms with Crippen molar-refractivity contribution in [3.8, 4) is 0 Å². The van der Waals surface area contributed by atoms with E-state index in [1.165, 1.54) is 35.1 Å². The lowest BCUT2D eigenvalue weighted by Gasteiger charge is -2.38. The van der Waals surface area contributed by atoms with Crippen LogP contribution in [0.2, 0.25) is 0 Å². The Bertz CT molecular complexity index is 922. The Morgan fingerprint density at radius 1 is 1.32 bits per heavy atom. The second kappa shape index (κ2) is 7.57. The first-order valence-corrected chi connectivity index (χ1v) is 11.1. The second-order valence-electron chi connectivity index (χ2n) is 8.45. The van der Waals surface area contributed by atoms with E-state index in [1.54, 1.807) is 0 Å². The molecule has 2 aromatic heterocycles. The number of carbonyl (C=O) groups is 1. The van der Waals surface area contributed by atoms with Crippen LogP contribution in [0.25, 0.3) is 10.2 Å². The summed E-state index contributed by atoms with van der Waals surface area (Å²) in [5.74, 6) is 1.80. The molecule has 3 aliphatic rings. The maximum absolute atomic E-state index is 12.7. The van der Waals surface area contributed by atoms with Crippen molar-refractivity contribution >= 4 is 27.5 Å². The number of aromatic nitrogens is 2. The van der Waals surface area contributed by atoms with E-state index in [9.17, 15) is 9.59 Å². The van der Waals surface area contributed by atoms with Gasteiger partial charge in [-0.15, -0.1) is 11.3 Å². The molecule has 0 unspecified atom stereocenters. The van der Waals surface area contributed by atoms with Crippen LogP contribution in [0.3, 0.4) is 0 Å². The fourth-order valence-electron chi connectivity index (χ4n) is 4.56. The molecule has 0 spiro atoms. The van der Waals surface area contributed by atoms with E-state index in [0.29, 0.717) is 28.0 Å². The number of carbonyl (C=O) groups excluding carboxylic acids is 1. The standard InChI is InChI=1S/C20H26N4O3S/c25-18(9-24-11-22-15-3-4-28-19(15)20(24)26)23-16-5-13-7-21-8-14(13)6-17(16)27-10-12-1-2-12/h3-4,11-14,16-17,21H,1-2,5-10H2,(H,23,25)/t13-,14+,16-,17-/m0/s1. The van der Waals surface area contributed by atoms with E-state index in [4.69, 9.17) is 4.74 Å². The highest BCUT2D eigenvalue weighted by molar-refractivity contribution is 7.17. The number of amides is 1. The number of rotatable bonds is 6. The van der Waals surface area contributed by atoms with Gasteiger partial charge in [-0.05, 0) is 68.0 Å². The van der Waals surface area contributed by atoms with Crippen LogP contribution in [-0.2, 0) is 16.1 Å². The number of hydrogen-bond acceptors (Lipinski definition) is 6. The maximum Gasteiger partial charge on any atom is 0.271 e. The van der Waals surface area contributed by atoms with Crippen molar-refractivity contribution in [1.82, 2.24) is 20.2 Å². The van der Waals surface area contributed by atoms with Crippen LogP contribution >= 0.6 is 11.3 Å². The molecule has 3 fully saturated rings. The van der Waals surface area contributed by atoms with E-state index in [2.05, 4.69) is 15.6 Å². The van der Waals surface area contributed by atoms with E-state index >= 15 is 0 Å². The molecule has 2 aromatic rings. The van der Waals surface area contributed by atoms with Crippen LogP contribution in [0.1, 0.15) is 25.7 Å². The van der Waals surface area contributed by atoms with Gasteiger partial charge >= 0.3 is 0 Å². The molecule has 2 saturated carbocycles. The summed E-state index contributed by atoms with van der Waals surface area (Å²) in [6.07, 6.45) is 6.00. The van der Waals surface area contributed by atoms with Crippen molar-refractivity contribution in [2.45, 2.75) is 44.4 Å². The van der Waals surface area contributed by atoms with Crippen molar-refractivity contribution in [2.75, 3.05) is 19.7 Å². The van der Waals surface area contributed by atoms with Gasteiger partial charge in [0.1, 0.15) is 11.2 Å². The predicted molar refractivity (Wildman–Crippen MR) is 107 cm³/mol. The summed E-state index contributed by atoms with van der Waals surface area (Å²) in [6, 6.07) is 1.84. The van der Waals surface area contributed by atoms with Crippen LogP contribution < -0.4 is 16.2 Å². The number of thiophene rings is 1. The summed E-state index contributed by atoms with van der Waals surface area (Å²) in [5, 5.41) is 8.49. The first-order valence-electron chi connectivity index (χ1n) is 10.2. The molecule has 3 heterocycles. The minimum Gasteiger partial charge on any atom is -0.376 e. The monoisotopic (exact) mass is 402 g/mol. The Labute approximate surface area is 167 Å². The molecule has 1 aliphatic heterocycles. The Hall–Kier alpha value is -1.77. The van der Waals surface area contributed by atoms with E-state index in [1.807, 2.05) is 11.4 Å². The number of fused-ring (bicyclic) bond motifs is 2. The van der Waals surface area contributed by atoms with Gasteiger partial charge in [0.05, 0.1) is 24.0 Å². The zero-order valence-electron chi connectivity index (χ0n) is 15.8. The zero-order chi connectivity index (χ0) is 19.1. The van der Waals surface area contributed by atoms with Crippen molar-refractivity contribution in [1.29, 1.82) is 0 Å². The molecule has 0 bridgehead atoms. The summed E-state index contributed by atoms with van der Waals surface area (Å²) in [5.41, 5.74) is 0.535. The molecule has 2 aliphatic carbocycles. The fourth-order valence-corrected chi connectivity index (χ4v) is 5.35. The highest BCUT2D eigenvalue weighted by Crippen LogP contribution is 2.36. The molecule has 28 heavy (non-hydrogen) atoms. The molecule has 150 valence electrons. The van der Waals surface area contributed by atoms with Crippen molar-refractivity contribution in [2.24, 2.45) is 17.8 Å². The van der Waals surface area contributed by atoms with Gasteiger partial charge in [0, 0.05) is 6.61 Å². The van der Waals surface area contributed by atoms with E-state index in [-0.39, 0.29) is 30.2 Å². The van der Waals surface area contributed by atoms with Crippen molar-refractivity contribution in [3.05, 3.63) is 28.1 Å². The summed E-state index contributed by atoms with van der Waals surface area (Å²) in [7, 11) is 0. The zero-order valence-corrected chi connectivity index (χ0v) is 16.6. The third kappa shape index (κ3) is 3.73.